The number of nitrogens with one attached hydrogen (secondary N) is 2. The summed E-state index contributed by atoms with van der Waals surface area (Å²) in [5, 5.41) is 5.25. The van der Waals surface area contributed by atoms with E-state index in [1.165, 1.54) is 6.20 Å². The van der Waals surface area contributed by atoms with Crippen LogP contribution in [0.2, 0.25) is 0 Å². The van der Waals surface area contributed by atoms with Gasteiger partial charge in [0.25, 0.3) is 5.91 Å². The van der Waals surface area contributed by atoms with Crippen molar-refractivity contribution in [1.29, 1.82) is 0 Å². The number of halogens is 4. The highest BCUT2D eigenvalue weighted by Crippen LogP contribution is 2.29. The van der Waals surface area contributed by atoms with Crippen molar-refractivity contribution in [3.8, 4) is 0 Å². The predicted molar refractivity (Wildman–Crippen MR) is 106 cm³/mol. The number of pyridine rings is 1. The summed E-state index contributed by atoms with van der Waals surface area (Å²) in [6, 6.07) is 2.40. The Hall–Kier alpha value is -2.17. The van der Waals surface area contributed by atoms with E-state index < -0.39 is 29.0 Å². The quantitative estimate of drug-likeness (QED) is 0.630. The Balaban J connectivity index is 1.80. The van der Waals surface area contributed by atoms with Gasteiger partial charge >= 0.3 is 0 Å². The van der Waals surface area contributed by atoms with Gasteiger partial charge in [0.05, 0.1) is 24.5 Å². The van der Waals surface area contributed by atoms with Crippen LogP contribution in [0.5, 0.6) is 0 Å². The van der Waals surface area contributed by atoms with Crippen LogP contribution in [0.15, 0.2) is 22.8 Å². The molecule has 0 spiro atoms. The molecule has 1 fully saturated rings. The van der Waals surface area contributed by atoms with Gasteiger partial charge in [-0.25, -0.2) is 18.2 Å². The third-order valence-corrected chi connectivity index (χ3v) is 4.95. The van der Waals surface area contributed by atoms with Crippen molar-refractivity contribution >= 4 is 33.3 Å². The Morgan fingerprint density at radius 2 is 1.97 bits per heavy atom. The zero-order valence-corrected chi connectivity index (χ0v) is 17.3. The third-order valence-electron chi connectivity index (χ3n) is 4.51. The Morgan fingerprint density at radius 3 is 2.66 bits per heavy atom. The summed E-state index contributed by atoms with van der Waals surface area (Å²) in [5.74, 6) is -5.07. The van der Waals surface area contributed by atoms with Gasteiger partial charge in [0, 0.05) is 36.8 Å². The molecule has 1 aromatic heterocycles. The lowest BCUT2D eigenvalue weighted by Gasteiger charge is -2.26. The second-order valence-electron chi connectivity index (χ2n) is 6.56. The van der Waals surface area contributed by atoms with E-state index in [2.05, 4.69) is 36.4 Å². The lowest BCUT2D eigenvalue weighted by atomic mass is 10.1. The fourth-order valence-corrected chi connectivity index (χ4v) is 3.38. The minimum Gasteiger partial charge on any atom is -0.379 e. The smallest absolute Gasteiger partial charge is 0.253 e. The largest absolute Gasteiger partial charge is 0.379 e. The first-order valence-corrected chi connectivity index (χ1v) is 9.81. The Bertz CT molecular complexity index is 908. The fraction of sp³-hybridized carbons (Fsp3) is 0.368. The molecule has 6 nitrogen and oxygen atoms in total. The minimum absolute atomic E-state index is 0.223. The van der Waals surface area contributed by atoms with Crippen molar-refractivity contribution in [3.05, 3.63) is 51.4 Å². The van der Waals surface area contributed by atoms with Crippen LogP contribution in [-0.2, 0) is 4.74 Å². The molecule has 156 valence electrons. The van der Waals surface area contributed by atoms with Crippen LogP contribution in [0.4, 0.5) is 24.7 Å². The number of carbonyl (C=O) groups is 1. The van der Waals surface area contributed by atoms with Crippen molar-refractivity contribution < 1.29 is 22.7 Å². The van der Waals surface area contributed by atoms with Crippen LogP contribution in [-0.4, -0.2) is 55.2 Å². The highest BCUT2D eigenvalue weighted by Gasteiger charge is 2.24. The van der Waals surface area contributed by atoms with Gasteiger partial charge in [-0.15, -0.1) is 0 Å². The first-order valence-electron chi connectivity index (χ1n) is 9.01. The van der Waals surface area contributed by atoms with Gasteiger partial charge in [-0.1, -0.05) is 0 Å². The summed E-state index contributed by atoms with van der Waals surface area (Å²) in [7, 11) is 0. The monoisotopic (exact) mass is 472 g/mol. The van der Waals surface area contributed by atoms with Crippen LogP contribution in [0, 0.1) is 24.4 Å². The number of ether oxygens (including phenoxy) is 1. The Labute approximate surface area is 174 Å². The second-order valence-corrected chi connectivity index (χ2v) is 7.48. The van der Waals surface area contributed by atoms with E-state index in [9.17, 15) is 18.0 Å². The van der Waals surface area contributed by atoms with Crippen LogP contribution >= 0.6 is 15.9 Å². The summed E-state index contributed by atoms with van der Waals surface area (Å²) in [5.41, 5.74) is -0.180. The highest BCUT2D eigenvalue weighted by atomic mass is 79.9. The number of carbonyl (C=O) groups excluding carboxylic acids is 1. The van der Waals surface area contributed by atoms with Gasteiger partial charge in [-0.2, -0.15) is 0 Å². The number of amides is 1. The Kier molecular flexibility index (Phi) is 7.09. The number of hydrogen-bond acceptors (Lipinski definition) is 5. The van der Waals surface area contributed by atoms with E-state index in [1.807, 2.05) is 0 Å². The van der Waals surface area contributed by atoms with Gasteiger partial charge in [0.2, 0.25) is 0 Å². The lowest BCUT2D eigenvalue weighted by Crippen LogP contribution is -2.41. The van der Waals surface area contributed by atoms with Crippen molar-refractivity contribution in [3.63, 3.8) is 0 Å². The molecule has 1 saturated heterocycles. The molecule has 0 unspecified atom stereocenters. The van der Waals surface area contributed by atoms with Crippen LogP contribution in [0.1, 0.15) is 15.9 Å². The second kappa shape index (κ2) is 9.55. The molecule has 2 aromatic rings. The molecule has 1 aromatic carbocycles. The zero-order chi connectivity index (χ0) is 21.0. The van der Waals surface area contributed by atoms with E-state index in [0.29, 0.717) is 35.9 Å². The maximum Gasteiger partial charge on any atom is 0.253 e. The zero-order valence-electron chi connectivity index (χ0n) is 15.7. The molecular formula is C19H20BrF3N4O2. The maximum absolute atomic E-state index is 14.5. The summed E-state index contributed by atoms with van der Waals surface area (Å²) >= 11 is 3.27. The van der Waals surface area contributed by atoms with E-state index in [0.717, 1.165) is 13.1 Å². The summed E-state index contributed by atoms with van der Waals surface area (Å²) in [4.78, 5) is 18.8. The normalized spacial score (nSPS) is 14.7. The number of nitrogens with zero attached hydrogens (tertiary/aromatic N) is 2. The number of rotatable bonds is 6. The summed E-state index contributed by atoms with van der Waals surface area (Å²) in [6.07, 6.45) is 1.47. The third kappa shape index (κ3) is 5.26. The van der Waals surface area contributed by atoms with E-state index in [4.69, 9.17) is 4.74 Å². The minimum atomic E-state index is -1.66. The fourth-order valence-electron chi connectivity index (χ4n) is 2.93. The lowest BCUT2D eigenvalue weighted by molar-refractivity contribution is 0.0383. The number of hydrogen-bond donors (Lipinski definition) is 2. The molecule has 0 atom stereocenters. The summed E-state index contributed by atoms with van der Waals surface area (Å²) < 4.78 is 48.1. The summed E-state index contributed by atoms with van der Waals surface area (Å²) in [6.45, 7) is 5.28. The molecule has 1 amide bonds. The molecule has 0 saturated carbocycles. The number of anilines is 2. The number of benzene rings is 1. The van der Waals surface area contributed by atoms with Gasteiger partial charge < -0.3 is 15.4 Å². The van der Waals surface area contributed by atoms with E-state index in [1.54, 1.807) is 13.0 Å². The molecule has 2 heterocycles. The van der Waals surface area contributed by atoms with Crippen LogP contribution in [0.25, 0.3) is 0 Å². The molecule has 1 aliphatic heterocycles. The van der Waals surface area contributed by atoms with Crippen molar-refractivity contribution in [1.82, 2.24) is 15.2 Å². The topological polar surface area (TPSA) is 66.5 Å². The molecular weight excluding hydrogens is 453 g/mol. The van der Waals surface area contributed by atoms with Gasteiger partial charge in [-0.3, -0.25) is 9.69 Å². The molecule has 0 aliphatic carbocycles. The Morgan fingerprint density at radius 1 is 1.24 bits per heavy atom. The molecule has 0 radical (unpaired) electrons. The van der Waals surface area contributed by atoms with Crippen LogP contribution < -0.4 is 10.6 Å². The molecule has 2 N–H and O–H groups in total. The predicted octanol–water partition coefficient (Wildman–Crippen LogP) is 3.38. The standard InChI is InChI=1S/C19H20BrF3N4O2/c1-11-8-12(20)10-25-18(11)26-17-13(9-14(21)15(22)16(17)23)19(28)24-2-3-27-4-6-29-7-5-27/h8-10H,2-7H2,1H3,(H,24,28)(H,25,26). The average Bonchev–Trinajstić information content (AvgIpc) is 2.70. The van der Waals surface area contributed by atoms with Crippen molar-refractivity contribution in [2.75, 3.05) is 44.7 Å². The number of aromatic nitrogens is 1. The van der Waals surface area contributed by atoms with Gasteiger partial charge in [-0.05, 0) is 40.5 Å². The highest BCUT2D eigenvalue weighted by molar-refractivity contribution is 9.10. The SMILES string of the molecule is Cc1cc(Br)cnc1Nc1c(C(=O)NCCN2CCOCC2)cc(F)c(F)c1F. The van der Waals surface area contributed by atoms with E-state index >= 15 is 0 Å². The van der Waals surface area contributed by atoms with E-state index in [-0.39, 0.29) is 17.9 Å². The first kappa shape index (κ1) is 21.5. The first-order chi connectivity index (χ1) is 13.9. The van der Waals surface area contributed by atoms with Crippen LogP contribution in [0.3, 0.4) is 0 Å². The number of morpholine rings is 1. The molecule has 3 rings (SSSR count). The number of aryl methyl sites for hydroxylation is 1. The van der Waals surface area contributed by atoms with Crippen molar-refractivity contribution in [2.45, 2.75) is 6.92 Å². The molecule has 29 heavy (non-hydrogen) atoms. The molecule has 1 aliphatic rings. The maximum atomic E-state index is 14.5. The van der Waals surface area contributed by atoms with Crippen molar-refractivity contribution in [2.24, 2.45) is 0 Å². The average molecular weight is 473 g/mol. The van der Waals surface area contributed by atoms with Gasteiger partial charge in [0.15, 0.2) is 17.5 Å². The molecule has 0 bridgehead atoms. The van der Waals surface area contributed by atoms with Gasteiger partial charge in [0.1, 0.15) is 5.82 Å². The molecule has 10 heteroatoms.